The number of carbonyl (C=O) groups excluding carboxylic acids is 3. The van der Waals surface area contributed by atoms with Crippen LogP contribution in [0.25, 0.3) is 0 Å². The summed E-state index contributed by atoms with van der Waals surface area (Å²) in [6.45, 7) is 11.5. The highest BCUT2D eigenvalue weighted by atomic mass is 16.6. The topological polar surface area (TPSA) is 140 Å². The molecule has 0 aromatic carbocycles. The van der Waals surface area contributed by atoms with Gasteiger partial charge in [-0.2, -0.15) is 0 Å². The number of rotatable bonds is 5. The van der Waals surface area contributed by atoms with Crippen molar-refractivity contribution in [3.8, 4) is 0 Å². The van der Waals surface area contributed by atoms with Gasteiger partial charge in [-0.25, -0.2) is 4.79 Å². The van der Waals surface area contributed by atoms with E-state index >= 15 is 0 Å². The molecular weight excluding hydrogens is 420 g/mol. The lowest BCUT2D eigenvalue weighted by Crippen LogP contribution is -2.86. The molecule has 1 aliphatic heterocycles. The Morgan fingerprint density at radius 3 is 2.44 bits per heavy atom. The summed E-state index contributed by atoms with van der Waals surface area (Å²) in [5, 5.41) is 35.0. The Balaban J connectivity index is 2.24. The molecule has 0 spiro atoms. The molecule has 0 amide bonds. The Hall–Kier alpha value is -1.81. The van der Waals surface area contributed by atoms with Gasteiger partial charge in [0.25, 0.3) is 6.47 Å². The van der Waals surface area contributed by atoms with E-state index in [-0.39, 0.29) is 12.9 Å². The van der Waals surface area contributed by atoms with Gasteiger partial charge in [0.1, 0.15) is 5.60 Å². The molecule has 4 unspecified atom stereocenters. The van der Waals surface area contributed by atoms with E-state index in [4.69, 9.17) is 9.47 Å². The number of aliphatic hydroxyl groups is 3. The van der Waals surface area contributed by atoms with Gasteiger partial charge in [0, 0.05) is 17.8 Å². The highest BCUT2D eigenvalue weighted by Crippen LogP contribution is 2.67. The highest BCUT2D eigenvalue weighted by Gasteiger charge is 2.81. The molecule has 1 saturated heterocycles. The SMILES string of the molecule is C=C[C@@]1(C)CC(=O)[C@]2(O)C3(C)C(C(O)C(OC(=O)COC=O)[C@@]2(C)O1)C(C)(C)CC[C@@H]3O. The zero-order valence-corrected chi connectivity index (χ0v) is 19.3. The number of carbonyl (C=O) groups is 3. The Bertz CT molecular complexity index is 824. The van der Waals surface area contributed by atoms with Gasteiger partial charge in [-0.1, -0.05) is 26.8 Å². The lowest BCUT2D eigenvalue weighted by molar-refractivity contribution is -0.370. The number of fused-ring (bicyclic) bond motifs is 3. The zero-order chi connectivity index (χ0) is 24.3. The molecular formula is C23H34O9. The van der Waals surface area contributed by atoms with E-state index in [0.717, 1.165) is 0 Å². The van der Waals surface area contributed by atoms with Gasteiger partial charge in [-0.15, -0.1) is 6.58 Å². The summed E-state index contributed by atoms with van der Waals surface area (Å²) in [5.41, 5.74) is -7.54. The quantitative estimate of drug-likeness (QED) is 0.311. The largest absolute Gasteiger partial charge is 0.456 e. The lowest BCUT2D eigenvalue weighted by atomic mass is 9.40. The maximum absolute atomic E-state index is 13.7. The van der Waals surface area contributed by atoms with Crippen molar-refractivity contribution in [1.82, 2.24) is 0 Å². The van der Waals surface area contributed by atoms with Crippen molar-refractivity contribution in [2.45, 2.75) is 89.0 Å². The average Bonchev–Trinajstić information content (AvgIpc) is 2.70. The molecule has 2 aliphatic carbocycles. The van der Waals surface area contributed by atoms with E-state index in [1.165, 1.54) is 13.0 Å². The maximum Gasteiger partial charge on any atom is 0.344 e. The monoisotopic (exact) mass is 454 g/mol. The van der Waals surface area contributed by atoms with E-state index in [1.807, 2.05) is 13.8 Å². The summed E-state index contributed by atoms with van der Waals surface area (Å²) >= 11 is 0. The average molecular weight is 455 g/mol. The normalized spacial score (nSPS) is 47.6. The highest BCUT2D eigenvalue weighted by molar-refractivity contribution is 5.92. The minimum absolute atomic E-state index is 0.0870. The third-order valence-electron chi connectivity index (χ3n) is 8.25. The van der Waals surface area contributed by atoms with E-state index in [2.05, 4.69) is 11.3 Å². The molecule has 3 rings (SSSR count). The second-order valence-electron chi connectivity index (χ2n) is 10.6. The number of Topliss-reactive ketones (excluding diaryl/α,β-unsaturated/α-hetero) is 1. The smallest absolute Gasteiger partial charge is 0.344 e. The Labute approximate surface area is 187 Å². The second kappa shape index (κ2) is 7.62. The Kier molecular flexibility index (Phi) is 5.91. The second-order valence-corrected chi connectivity index (χ2v) is 10.6. The number of hydrogen-bond acceptors (Lipinski definition) is 9. The summed E-state index contributed by atoms with van der Waals surface area (Å²) in [6, 6.07) is 0. The van der Waals surface area contributed by atoms with Crippen LogP contribution in [-0.4, -0.2) is 75.3 Å². The van der Waals surface area contributed by atoms with Gasteiger partial charge in [-0.05, 0) is 32.1 Å². The molecule has 9 heteroatoms. The maximum atomic E-state index is 13.7. The number of esters is 1. The van der Waals surface area contributed by atoms with Crippen LogP contribution in [0.3, 0.4) is 0 Å². The molecule has 9 nitrogen and oxygen atoms in total. The fourth-order valence-corrected chi connectivity index (χ4v) is 6.76. The van der Waals surface area contributed by atoms with Crippen molar-refractivity contribution in [3.63, 3.8) is 0 Å². The number of hydrogen-bond donors (Lipinski definition) is 3. The number of ether oxygens (including phenoxy) is 3. The van der Waals surface area contributed by atoms with E-state index < -0.39 is 70.2 Å². The van der Waals surface area contributed by atoms with E-state index in [1.54, 1.807) is 13.8 Å². The van der Waals surface area contributed by atoms with Crippen molar-refractivity contribution in [3.05, 3.63) is 12.7 Å². The summed E-state index contributed by atoms with van der Waals surface area (Å²) in [7, 11) is 0. The molecule has 32 heavy (non-hydrogen) atoms. The fraction of sp³-hybridized carbons (Fsp3) is 0.783. The number of ketones is 1. The van der Waals surface area contributed by atoms with Crippen LogP contribution in [0.1, 0.15) is 53.9 Å². The van der Waals surface area contributed by atoms with Gasteiger partial charge >= 0.3 is 5.97 Å². The summed E-state index contributed by atoms with van der Waals surface area (Å²) in [6.07, 6.45) is -1.94. The van der Waals surface area contributed by atoms with Crippen LogP contribution < -0.4 is 0 Å². The third kappa shape index (κ3) is 3.09. The first-order chi connectivity index (χ1) is 14.6. The van der Waals surface area contributed by atoms with E-state index in [0.29, 0.717) is 12.8 Å². The third-order valence-corrected chi connectivity index (χ3v) is 8.25. The minimum Gasteiger partial charge on any atom is -0.456 e. The predicted molar refractivity (Wildman–Crippen MR) is 111 cm³/mol. The molecule has 3 N–H and O–H groups in total. The summed E-state index contributed by atoms with van der Waals surface area (Å²) < 4.78 is 16.3. The van der Waals surface area contributed by atoms with Crippen LogP contribution in [0.15, 0.2) is 12.7 Å². The van der Waals surface area contributed by atoms with Crippen molar-refractivity contribution in [1.29, 1.82) is 0 Å². The molecule has 1 heterocycles. The standard InChI is InChI=1S/C23H34O9/c1-7-20(4)10-14(26)23(29)21(5)13(25)8-9-19(2,3)17(21)16(28)18(22(23,6)32-20)31-15(27)11-30-12-24/h7,12-13,16-18,25,28-29H,1,8-11H2,2-6H3/t13-,16?,17?,18?,20-,21?,22+,23-/m0/s1. The van der Waals surface area contributed by atoms with Gasteiger partial charge in [0.15, 0.2) is 24.1 Å². The van der Waals surface area contributed by atoms with E-state index in [9.17, 15) is 29.7 Å². The molecule has 0 bridgehead atoms. The molecule has 0 radical (unpaired) electrons. The van der Waals surface area contributed by atoms with Crippen molar-refractivity contribution < 1.29 is 43.9 Å². The van der Waals surface area contributed by atoms with Crippen LogP contribution in [0.5, 0.6) is 0 Å². The molecule has 3 fully saturated rings. The van der Waals surface area contributed by atoms with Gasteiger partial charge in [0.05, 0.1) is 17.8 Å². The Morgan fingerprint density at radius 2 is 1.88 bits per heavy atom. The van der Waals surface area contributed by atoms with Crippen molar-refractivity contribution in [2.24, 2.45) is 16.7 Å². The summed E-state index contributed by atoms with van der Waals surface area (Å²) in [5.74, 6) is -2.37. The van der Waals surface area contributed by atoms with Crippen LogP contribution in [0, 0.1) is 16.7 Å². The molecule has 180 valence electrons. The Morgan fingerprint density at radius 1 is 1.25 bits per heavy atom. The van der Waals surface area contributed by atoms with Gasteiger partial charge in [-0.3, -0.25) is 9.59 Å². The van der Waals surface area contributed by atoms with Crippen LogP contribution in [-0.2, 0) is 28.6 Å². The first-order valence-electron chi connectivity index (χ1n) is 10.8. The molecule has 0 aromatic heterocycles. The summed E-state index contributed by atoms with van der Waals surface area (Å²) in [4.78, 5) is 36.6. The molecule has 0 aromatic rings. The molecule has 2 saturated carbocycles. The lowest BCUT2D eigenvalue weighted by Gasteiger charge is -2.71. The molecule has 3 aliphatic rings. The van der Waals surface area contributed by atoms with Crippen LogP contribution in [0.2, 0.25) is 0 Å². The van der Waals surface area contributed by atoms with Crippen molar-refractivity contribution >= 4 is 18.2 Å². The predicted octanol–water partition coefficient (Wildman–Crippen LogP) is 0.673. The first kappa shape index (κ1) is 24.8. The van der Waals surface area contributed by atoms with Crippen LogP contribution in [0.4, 0.5) is 0 Å². The minimum atomic E-state index is -2.29. The molecule has 8 atom stereocenters. The van der Waals surface area contributed by atoms with Crippen molar-refractivity contribution in [2.75, 3.05) is 6.61 Å². The van der Waals surface area contributed by atoms with Crippen LogP contribution >= 0.6 is 0 Å². The number of aliphatic hydroxyl groups excluding tert-OH is 2. The van der Waals surface area contributed by atoms with Gasteiger partial charge in [0.2, 0.25) is 0 Å². The van der Waals surface area contributed by atoms with Gasteiger partial charge < -0.3 is 29.5 Å². The fourth-order valence-electron chi connectivity index (χ4n) is 6.76. The zero-order valence-electron chi connectivity index (χ0n) is 19.3. The first-order valence-corrected chi connectivity index (χ1v) is 10.8.